The SMILES string of the molecule is CCNC1COCC1C(=O)NCC(C)OC. The Balaban J connectivity index is 2.34. The minimum atomic E-state index is -0.0796. The molecule has 1 aliphatic heterocycles. The number of carbonyl (C=O) groups excluding carboxylic acids is 1. The average Bonchev–Trinajstić information content (AvgIpc) is 2.74. The van der Waals surface area contributed by atoms with Gasteiger partial charge in [-0.15, -0.1) is 0 Å². The zero-order chi connectivity index (χ0) is 12.0. The number of methoxy groups -OCH3 is 1. The minimum absolute atomic E-state index is 0.0452. The molecule has 1 rings (SSSR count). The summed E-state index contributed by atoms with van der Waals surface area (Å²) in [4.78, 5) is 11.9. The lowest BCUT2D eigenvalue weighted by molar-refractivity contribution is -0.125. The lowest BCUT2D eigenvalue weighted by Crippen LogP contribution is -2.45. The molecule has 0 aliphatic carbocycles. The maximum absolute atomic E-state index is 11.9. The monoisotopic (exact) mass is 230 g/mol. The van der Waals surface area contributed by atoms with Gasteiger partial charge in [0.05, 0.1) is 25.2 Å². The molecule has 2 N–H and O–H groups in total. The van der Waals surface area contributed by atoms with Gasteiger partial charge >= 0.3 is 0 Å². The summed E-state index contributed by atoms with van der Waals surface area (Å²) in [6, 6.07) is 0.142. The van der Waals surface area contributed by atoms with Crippen molar-refractivity contribution in [2.24, 2.45) is 5.92 Å². The van der Waals surface area contributed by atoms with Crippen LogP contribution in [0.5, 0.6) is 0 Å². The van der Waals surface area contributed by atoms with Crippen molar-refractivity contribution >= 4 is 5.91 Å². The highest BCUT2D eigenvalue weighted by molar-refractivity contribution is 5.79. The lowest BCUT2D eigenvalue weighted by atomic mass is 10.0. The predicted octanol–water partition coefficient (Wildman–Crippen LogP) is -0.238. The number of likely N-dealkylation sites (N-methyl/N-ethyl adjacent to an activating group) is 1. The number of nitrogens with one attached hydrogen (secondary N) is 2. The number of rotatable bonds is 6. The van der Waals surface area contributed by atoms with Gasteiger partial charge in [-0.25, -0.2) is 0 Å². The van der Waals surface area contributed by atoms with Crippen molar-refractivity contribution in [3.05, 3.63) is 0 Å². The molecular weight excluding hydrogens is 208 g/mol. The quantitative estimate of drug-likeness (QED) is 0.661. The highest BCUT2D eigenvalue weighted by Crippen LogP contribution is 2.13. The molecule has 0 saturated carbocycles. The van der Waals surface area contributed by atoms with Crippen LogP contribution in [-0.4, -0.2) is 51.5 Å². The Morgan fingerprint density at radius 1 is 1.56 bits per heavy atom. The number of amides is 1. The first-order valence-electron chi connectivity index (χ1n) is 5.80. The van der Waals surface area contributed by atoms with Gasteiger partial charge in [0.2, 0.25) is 5.91 Å². The van der Waals surface area contributed by atoms with Gasteiger partial charge in [-0.1, -0.05) is 6.92 Å². The summed E-state index contributed by atoms with van der Waals surface area (Å²) >= 11 is 0. The van der Waals surface area contributed by atoms with Crippen molar-refractivity contribution in [2.75, 3.05) is 33.4 Å². The van der Waals surface area contributed by atoms with Crippen molar-refractivity contribution in [3.8, 4) is 0 Å². The number of hydrogen-bond acceptors (Lipinski definition) is 4. The van der Waals surface area contributed by atoms with Crippen LogP contribution in [0.15, 0.2) is 0 Å². The Labute approximate surface area is 96.9 Å². The predicted molar refractivity (Wildman–Crippen MR) is 61.3 cm³/mol. The Hall–Kier alpha value is -0.650. The molecule has 3 unspecified atom stereocenters. The van der Waals surface area contributed by atoms with E-state index in [0.29, 0.717) is 19.8 Å². The number of hydrogen-bond donors (Lipinski definition) is 2. The molecule has 0 bridgehead atoms. The van der Waals surface area contributed by atoms with Crippen molar-refractivity contribution in [2.45, 2.75) is 26.0 Å². The normalized spacial score (nSPS) is 26.7. The van der Waals surface area contributed by atoms with E-state index in [1.54, 1.807) is 7.11 Å². The molecule has 1 heterocycles. The Bertz CT molecular complexity index is 223. The summed E-state index contributed by atoms with van der Waals surface area (Å²) in [5, 5.41) is 6.14. The fourth-order valence-corrected chi connectivity index (χ4v) is 1.73. The summed E-state index contributed by atoms with van der Waals surface area (Å²) in [6.07, 6.45) is 0.0452. The third-order valence-electron chi connectivity index (χ3n) is 2.85. The molecule has 1 saturated heterocycles. The highest BCUT2D eigenvalue weighted by Gasteiger charge is 2.33. The van der Waals surface area contributed by atoms with Gasteiger partial charge in [-0.3, -0.25) is 4.79 Å². The summed E-state index contributed by atoms with van der Waals surface area (Å²) in [7, 11) is 1.64. The lowest BCUT2D eigenvalue weighted by Gasteiger charge is -2.19. The largest absolute Gasteiger partial charge is 0.380 e. The number of ether oxygens (including phenoxy) is 2. The minimum Gasteiger partial charge on any atom is -0.380 e. The second kappa shape index (κ2) is 6.83. The first kappa shape index (κ1) is 13.4. The second-order valence-electron chi connectivity index (χ2n) is 4.10. The molecule has 1 aliphatic rings. The van der Waals surface area contributed by atoms with Crippen LogP contribution in [0, 0.1) is 5.92 Å². The summed E-state index contributed by atoms with van der Waals surface area (Å²) in [6.45, 7) is 6.47. The molecule has 16 heavy (non-hydrogen) atoms. The Morgan fingerprint density at radius 2 is 2.31 bits per heavy atom. The smallest absolute Gasteiger partial charge is 0.227 e. The fraction of sp³-hybridized carbons (Fsp3) is 0.909. The molecule has 1 fully saturated rings. The molecule has 0 aromatic heterocycles. The van der Waals surface area contributed by atoms with Gasteiger partial charge in [0.1, 0.15) is 0 Å². The van der Waals surface area contributed by atoms with Crippen molar-refractivity contribution in [1.82, 2.24) is 10.6 Å². The summed E-state index contributed by atoms with van der Waals surface area (Å²) in [5.41, 5.74) is 0. The standard InChI is InChI=1S/C11H22N2O3/c1-4-12-10-7-16-6-9(10)11(14)13-5-8(2)15-3/h8-10,12H,4-7H2,1-3H3,(H,13,14). The summed E-state index contributed by atoms with van der Waals surface area (Å²) in [5.74, 6) is -0.0312. The molecule has 94 valence electrons. The molecule has 3 atom stereocenters. The maximum Gasteiger partial charge on any atom is 0.227 e. The van der Waals surface area contributed by atoms with E-state index in [1.165, 1.54) is 0 Å². The van der Waals surface area contributed by atoms with E-state index in [-0.39, 0.29) is 24.0 Å². The van der Waals surface area contributed by atoms with E-state index in [0.717, 1.165) is 6.54 Å². The van der Waals surface area contributed by atoms with E-state index in [4.69, 9.17) is 9.47 Å². The van der Waals surface area contributed by atoms with E-state index in [2.05, 4.69) is 10.6 Å². The molecule has 5 heteroatoms. The zero-order valence-electron chi connectivity index (χ0n) is 10.3. The zero-order valence-corrected chi connectivity index (χ0v) is 10.3. The summed E-state index contributed by atoms with van der Waals surface area (Å²) < 4.78 is 10.4. The topological polar surface area (TPSA) is 59.6 Å². The molecular formula is C11H22N2O3. The van der Waals surface area contributed by atoms with Crippen LogP contribution >= 0.6 is 0 Å². The van der Waals surface area contributed by atoms with Gasteiger partial charge in [0, 0.05) is 19.7 Å². The molecule has 0 aromatic rings. The average molecular weight is 230 g/mol. The van der Waals surface area contributed by atoms with Gasteiger partial charge in [-0.05, 0) is 13.5 Å². The third kappa shape index (κ3) is 3.73. The van der Waals surface area contributed by atoms with Crippen LogP contribution in [0.1, 0.15) is 13.8 Å². The van der Waals surface area contributed by atoms with Crippen LogP contribution in [0.4, 0.5) is 0 Å². The molecule has 0 spiro atoms. The maximum atomic E-state index is 11.9. The van der Waals surface area contributed by atoms with Gasteiger partial charge in [0.25, 0.3) is 0 Å². The first-order valence-corrected chi connectivity index (χ1v) is 5.80. The highest BCUT2D eigenvalue weighted by atomic mass is 16.5. The second-order valence-corrected chi connectivity index (χ2v) is 4.10. The van der Waals surface area contributed by atoms with Crippen molar-refractivity contribution in [1.29, 1.82) is 0 Å². The molecule has 0 radical (unpaired) electrons. The number of carbonyl (C=O) groups is 1. The van der Waals surface area contributed by atoms with Crippen molar-refractivity contribution in [3.63, 3.8) is 0 Å². The van der Waals surface area contributed by atoms with Crippen molar-refractivity contribution < 1.29 is 14.3 Å². The third-order valence-corrected chi connectivity index (χ3v) is 2.85. The van der Waals surface area contributed by atoms with Gasteiger partial charge in [0.15, 0.2) is 0 Å². The first-order chi connectivity index (χ1) is 7.69. The molecule has 0 aromatic carbocycles. The van der Waals surface area contributed by atoms with Crippen LogP contribution in [-0.2, 0) is 14.3 Å². The van der Waals surface area contributed by atoms with Crippen LogP contribution in [0.3, 0.4) is 0 Å². The van der Waals surface area contributed by atoms with E-state index >= 15 is 0 Å². The van der Waals surface area contributed by atoms with E-state index in [9.17, 15) is 4.79 Å². The van der Waals surface area contributed by atoms with Gasteiger partial charge < -0.3 is 20.1 Å². The van der Waals surface area contributed by atoms with Crippen LogP contribution in [0.2, 0.25) is 0 Å². The van der Waals surface area contributed by atoms with E-state index in [1.807, 2.05) is 13.8 Å². The Morgan fingerprint density at radius 3 is 2.94 bits per heavy atom. The molecule has 1 amide bonds. The molecule has 5 nitrogen and oxygen atoms in total. The van der Waals surface area contributed by atoms with Crippen LogP contribution in [0.25, 0.3) is 0 Å². The van der Waals surface area contributed by atoms with E-state index < -0.39 is 0 Å². The fourth-order valence-electron chi connectivity index (χ4n) is 1.73. The van der Waals surface area contributed by atoms with Gasteiger partial charge in [-0.2, -0.15) is 0 Å². The van der Waals surface area contributed by atoms with Crippen LogP contribution < -0.4 is 10.6 Å². The Kier molecular flexibility index (Phi) is 5.73.